The Labute approximate surface area is 153 Å². The summed E-state index contributed by atoms with van der Waals surface area (Å²) >= 11 is 9.08. The van der Waals surface area contributed by atoms with Gasteiger partial charge in [-0.3, -0.25) is 4.79 Å². The largest absolute Gasteiger partial charge is 0.506 e. The molecule has 2 aromatic rings. The van der Waals surface area contributed by atoms with E-state index in [2.05, 4.69) is 26.5 Å². The third-order valence-electron chi connectivity index (χ3n) is 3.36. The number of aromatic hydroxyl groups is 1. The molecule has 2 N–H and O–H groups in total. The van der Waals surface area contributed by atoms with Crippen molar-refractivity contribution in [3.8, 4) is 11.5 Å². The number of phenolic OH excluding ortho intramolecular Hbond substituents is 1. The lowest BCUT2D eigenvalue weighted by Gasteiger charge is -2.09. The molecule has 126 valence electrons. The Morgan fingerprint density at radius 1 is 1.42 bits per heavy atom. The smallest absolute Gasteiger partial charge is 0.277 e. The van der Waals surface area contributed by atoms with Gasteiger partial charge in [0.05, 0.1) is 10.7 Å². The molecule has 0 heterocycles. The van der Waals surface area contributed by atoms with Gasteiger partial charge in [-0.2, -0.15) is 5.10 Å². The van der Waals surface area contributed by atoms with Crippen molar-refractivity contribution in [2.75, 3.05) is 6.61 Å². The molecular formula is C17H16BrClN2O3. The van der Waals surface area contributed by atoms with Gasteiger partial charge in [0.2, 0.25) is 0 Å². The molecule has 0 bridgehead atoms. The van der Waals surface area contributed by atoms with Gasteiger partial charge >= 0.3 is 0 Å². The number of carbonyl (C=O) groups excluding carboxylic acids is 1. The molecule has 0 radical (unpaired) electrons. The van der Waals surface area contributed by atoms with Crippen LogP contribution in [0.5, 0.6) is 11.5 Å². The fourth-order valence-electron chi connectivity index (χ4n) is 1.91. The number of hydrogen-bond donors (Lipinski definition) is 2. The Hall–Kier alpha value is -2.05. The maximum atomic E-state index is 11.8. The molecule has 0 unspecified atom stereocenters. The molecule has 0 aliphatic rings. The fourth-order valence-corrected chi connectivity index (χ4v) is 2.75. The van der Waals surface area contributed by atoms with Gasteiger partial charge in [0.1, 0.15) is 11.5 Å². The lowest BCUT2D eigenvalue weighted by atomic mass is 10.1. The van der Waals surface area contributed by atoms with Crippen LogP contribution in [0.1, 0.15) is 16.7 Å². The number of benzene rings is 2. The van der Waals surface area contributed by atoms with Crippen molar-refractivity contribution < 1.29 is 14.6 Å². The van der Waals surface area contributed by atoms with E-state index < -0.39 is 5.91 Å². The van der Waals surface area contributed by atoms with E-state index >= 15 is 0 Å². The summed E-state index contributed by atoms with van der Waals surface area (Å²) in [6.07, 6.45) is 1.31. The van der Waals surface area contributed by atoms with Gasteiger partial charge in [0.15, 0.2) is 6.61 Å². The van der Waals surface area contributed by atoms with Gasteiger partial charge in [0.25, 0.3) is 5.91 Å². The van der Waals surface area contributed by atoms with E-state index in [1.165, 1.54) is 12.3 Å². The summed E-state index contributed by atoms with van der Waals surface area (Å²) < 4.78 is 5.93. The molecule has 0 aliphatic heterocycles. The fraction of sp³-hybridized carbons (Fsp3) is 0.176. The Morgan fingerprint density at radius 3 is 2.92 bits per heavy atom. The van der Waals surface area contributed by atoms with Crippen LogP contribution < -0.4 is 10.2 Å². The van der Waals surface area contributed by atoms with E-state index in [0.29, 0.717) is 20.8 Å². The standard InChI is InChI=1S/C17H16BrClN2O3/c1-10-4-3-5-15(11(10)2)24-9-16(22)21-20-8-12-6-13(19)7-14(18)17(12)23/h3-8,23H,9H2,1-2H3,(H,21,22)/b20-8-. The van der Waals surface area contributed by atoms with Crippen LogP contribution in [0.25, 0.3) is 0 Å². The number of hydrazone groups is 1. The number of halogens is 2. The first-order chi connectivity index (χ1) is 11.4. The van der Waals surface area contributed by atoms with E-state index in [4.69, 9.17) is 16.3 Å². The summed E-state index contributed by atoms with van der Waals surface area (Å²) in [6, 6.07) is 8.74. The number of carbonyl (C=O) groups is 1. The molecule has 1 amide bonds. The molecule has 2 rings (SSSR count). The molecular weight excluding hydrogens is 396 g/mol. The topological polar surface area (TPSA) is 70.9 Å². The monoisotopic (exact) mass is 410 g/mol. The third-order valence-corrected chi connectivity index (χ3v) is 4.19. The number of phenols is 1. The van der Waals surface area contributed by atoms with Gasteiger partial charge in [-0.25, -0.2) is 5.43 Å². The zero-order valence-corrected chi connectivity index (χ0v) is 15.5. The van der Waals surface area contributed by atoms with Crippen molar-refractivity contribution in [1.82, 2.24) is 5.43 Å². The molecule has 0 atom stereocenters. The van der Waals surface area contributed by atoms with Crippen LogP contribution in [0.3, 0.4) is 0 Å². The Balaban J connectivity index is 1.93. The number of hydrogen-bond acceptors (Lipinski definition) is 4. The quantitative estimate of drug-likeness (QED) is 0.578. The van der Waals surface area contributed by atoms with Gasteiger partial charge in [-0.1, -0.05) is 23.7 Å². The second-order valence-corrected chi connectivity index (χ2v) is 6.40. The van der Waals surface area contributed by atoms with Gasteiger partial charge < -0.3 is 9.84 Å². The maximum Gasteiger partial charge on any atom is 0.277 e. The molecule has 0 fully saturated rings. The van der Waals surface area contributed by atoms with Crippen molar-refractivity contribution in [1.29, 1.82) is 0 Å². The Kier molecular flexibility index (Phi) is 6.23. The molecule has 2 aromatic carbocycles. The second kappa shape index (κ2) is 8.17. The van der Waals surface area contributed by atoms with Crippen LogP contribution in [0.2, 0.25) is 5.02 Å². The average molecular weight is 412 g/mol. The van der Waals surface area contributed by atoms with Crippen LogP contribution in [0.15, 0.2) is 39.9 Å². The number of rotatable bonds is 5. The van der Waals surface area contributed by atoms with Crippen LogP contribution in [-0.4, -0.2) is 23.8 Å². The number of aryl methyl sites for hydroxylation is 1. The molecule has 0 saturated heterocycles. The lowest BCUT2D eigenvalue weighted by molar-refractivity contribution is -0.123. The summed E-state index contributed by atoms with van der Waals surface area (Å²) in [4.78, 5) is 11.8. The Morgan fingerprint density at radius 2 is 2.17 bits per heavy atom. The summed E-state index contributed by atoms with van der Waals surface area (Å²) in [5.74, 6) is 0.238. The highest BCUT2D eigenvalue weighted by Gasteiger charge is 2.07. The zero-order valence-electron chi connectivity index (χ0n) is 13.1. The first kappa shape index (κ1) is 18.3. The van der Waals surface area contributed by atoms with E-state index in [1.54, 1.807) is 12.1 Å². The third kappa shape index (κ3) is 4.72. The van der Waals surface area contributed by atoms with E-state index in [0.717, 1.165) is 11.1 Å². The number of ether oxygens (including phenoxy) is 1. The van der Waals surface area contributed by atoms with Crippen LogP contribution in [0, 0.1) is 13.8 Å². The van der Waals surface area contributed by atoms with Crippen molar-refractivity contribution in [3.63, 3.8) is 0 Å². The van der Waals surface area contributed by atoms with Crippen LogP contribution in [-0.2, 0) is 4.79 Å². The molecule has 0 saturated carbocycles. The van der Waals surface area contributed by atoms with E-state index in [9.17, 15) is 9.90 Å². The predicted octanol–water partition coefficient (Wildman–Crippen LogP) is 3.95. The van der Waals surface area contributed by atoms with Gasteiger partial charge in [-0.05, 0) is 59.1 Å². The number of nitrogens with zero attached hydrogens (tertiary/aromatic N) is 1. The summed E-state index contributed by atoms with van der Waals surface area (Å²) in [5.41, 5.74) is 4.80. The highest BCUT2D eigenvalue weighted by molar-refractivity contribution is 9.10. The number of nitrogens with one attached hydrogen (secondary N) is 1. The summed E-state index contributed by atoms with van der Waals surface area (Å²) in [7, 11) is 0. The molecule has 0 aliphatic carbocycles. The SMILES string of the molecule is Cc1cccc(OCC(=O)N/N=C\c2cc(Cl)cc(Br)c2O)c1C. The summed E-state index contributed by atoms with van der Waals surface area (Å²) in [5, 5.41) is 14.1. The molecule has 5 nitrogen and oxygen atoms in total. The van der Waals surface area contributed by atoms with E-state index in [1.807, 2.05) is 26.0 Å². The molecule has 24 heavy (non-hydrogen) atoms. The highest BCUT2D eigenvalue weighted by Crippen LogP contribution is 2.30. The number of amides is 1. The van der Waals surface area contributed by atoms with Crippen molar-refractivity contribution in [2.24, 2.45) is 5.10 Å². The van der Waals surface area contributed by atoms with Crippen molar-refractivity contribution >= 4 is 39.7 Å². The minimum atomic E-state index is -0.410. The minimum Gasteiger partial charge on any atom is -0.506 e. The lowest BCUT2D eigenvalue weighted by Crippen LogP contribution is -2.24. The van der Waals surface area contributed by atoms with Crippen LogP contribution in [0.4, 0.5) is 0 Å². The maximum absolute atomic E-state index is 11.8. The van der Waals surface area contributed by atoms with Crippen molar-refractivity contribution in [3.05, 3.63) is 56.5 Å². The van der Waals surface area contributed by atoms with Crippen molar-refractivity contribution in [2.45, 2.75) is 13.8 Å². The van der Waals surface area contributed by atoms with Gasteiger partial charge in [-0.15, -0.1) is 0 Å². The molecule has 0 aromatic heterocycles. The summed E-state index contributed by atoms with van der Waals surface area (Å²) in [6.45, 7) is 3.75. The first-order valence-corrected chi connectivity index (χ1v) is 8.24. The highest BCUT2D eigenvalue weighted by atomic mass is 79.9. The van der Waals surface area contributed by atoms with Crippen LogP contribution >= 0.6 is 27.5 Å². The molecule has 7 heteroatoms. The second-order valence-electron chi connectivity index (χ2n) is 5.11. The minimum absolute atomic E-state index is 0.0102. The Bertz CT molecular complexity index is 794. The first-order valence-electron chi connectivity index (χ1n) is 7.07. The van der Waals surface area contributed by atoms with E-state index in [-0.39, 0.29) is 12.4 Å². The normalized spacial score (nSPS) is 10.8. The average Bonchev–Trinajstić information content (AvgIpc) is 2.53. The predicted molar refractivity (Wildman–Crippen MR) is 98.0 cm³/mol. The van der Waals surface area contributed by atoms with Gasteiger partial charge in [0, 0.05) is 10.6 Å². The zero-order chi connectivity index (χ0) is 17.7. The molecule has 0 spiro atoms.